The third-order valence-electron chi connectivity index (χ3n) is 4.73. The molecule has 0 saturated carbocycles. The Balaban J connectivity index is 1.59. The fourth-order valence-corrected chi connectivity index (χ4v) is 3.46. The summed E-state index contributed by atoms with van der Waals surface area (Å²) in [5.74, 6) is 0.906. The van der Waals surface area contributed by atoms with Crippen molar-refractivity contribution in [3.8, 4) is 5.75 Å². The fourth-order valence-electron chi connectivity index (χ4n) is 3.46. The lowest BCUT2D eigenvalue weighted by Gasteiger charge is -2.06. The zero-order valence-corrected chi connectivity index (χ0v) is 13.8. The predicted molar refractivity (Wildman–Crippen MR) is 96.9 cm³/mol. The molecule has 1 saturated heterocycles. The topological polar surface area (TPSA) is 12.2 Å². The summed E-state index contributed by atoms with van der Waals surface area (Å²) in [7, 11) is 1.70. The molecule has 1 heterocycles. The van der Waals surface area contributed by atoms with Gasteiger partial charge in [-0.2, -0.15) is 0 Å². The second-order valence-electron chi connectivity index (χ2n) is 6.23. The zero-order chi connectivity index (χ0) is 16.4. The summed E-state index contributed by atoms with van der Waals surface area (Å²) in [5.41, 5.74) is 4.09. The van der Waals surface area contributed by atoms with E-state index >= 15 is 0 Å². The maximum atomic E-state index is 5.26. The number of hydrogen-bond acceptors (Lipinski definition) is 2. The van der Waals surface area contributed by atoms with Crippen molar-refractivity contribution >= 4 is 0 Å². The third kappa shape index (κ3) is 2.93. The summed E-state index contributed by atoms with van der Waals surface area (Å²) in [4.78, 5) is 2.55. The van der Waals surface area contributed by atoms with Gasteiger partial charge in [0.15, 0.2) is 0 Å². The van der Waals surface area contributed by atoms with Crippen LogP contribution in [0.15, 0.2) is 84.9 Å². The highest BCUT2D eigenvalue weighted by Gasteiger charge is 2.48. The Bertz CT molecular complexity index is 738. The first-order valence-electron chi connectivity index (χ1n) is 8.35. The molecule has 1 fully saturated rings. The van der Waals surface area contributed by atoms with Crippen LogP contribution in [-0.2, 0) is 6.54 Å². The highest BCUT2D eigenvalue weighted by Crippen LogP contribution is 2.55. The van der Waals surface area contributed by atoms with Gasteiger partial charge in [0.25, 0.3) is 0 Å². The van der Waals surface area contributed by atoms with Crippen LogP contribution >= 0.6 is 0 Å². The predicted octanol–water partition coefficient (Wildman–Crippen LogP) is 4.99. The number of hydrogen-bond donors (Lipinski definition) is 0. The van der Waals surface area contributed by atoms with Crippen LogP contribution in [0.5, 0.6) is 5.75 Å². The van der Waals surface area contributed by atoms with Crippen molar-refractivity contribution in [1.82, 2.24) is 4.90 Å². The van der Waals surface area contributed by atoms with Gasteiger partial charge in [0.1, 0.15) is 5.75 Å². The Morgan fingerprint density at radius 3 is 1.67 bits per heavy atom. The van der Waals surface area contributed by atoms with Gasteiger partial charge in [0, 0.05) is 6.54 Å². The molecule has 1 aliphatic rings. The van der Waals surface area contributed by atoms with Gasteiger partial charge in [0.05, 0.1) is 19.2 Å². The van der Waals surface area contributed by atoms with Crippen LogP contribution in [0.1, 0.15) is 28.8 Å². The molecule has 0 N–H and O–H groups in total. The first-order valence-corrected chi connectivity index (χ1v) is 8.35. The molecule has 24 heavy (non-hydrogen) atoms. The van der Waals surface area contributed by atoms with Crippen LogP contribution in [0.3, 0.4) is 0 Å². The Hall–Kier alpha value is -2.58. The van der Waals surface area contributed by atoms with Crippen molar-refractivity contribution in [2.75, 3.05) is 7.11 Å². The monoisotopic (exact) mass is 315 g/mol. The summed E-state index contributed by atoms with van der Waals surface area (Å²) in [5, 5.41) is 0. The molecule has 0 amide bonds. The van der Waals surface area contributed by atoms with Gasteiger partial charge in [-0.05, 0) is 28.8 Å². The summed E-state index contributed by atoms with van der Waals surface area (Å²) < 4.78 is 5.26. The van der Waals surface area contributed by atoms with E-state index in [2.05, 4.69) is 77.7 Å². The van der Waals surface area contributed by atoms with Crippen molar-refractivity contribution < 1.29 is 4.74 Å². The van der Waals surface area contributed by atoms with Gasteiger partial charge in [0.2, 0.25) is 0 Å². The van der Waals surface area contributed by atoms with Crippen LogP contribution < -0.4 is 4.74 Å². The van der Waals surface area contributed by atoms with E-state index in [1.165, 1.54) is 16.7 Å². The molecule has 2 nitrogen and oxygen atoms in total. The van der Waals surface area contributed by atoms with Crippen molar-refractivity contribution in [2.45, 2.75) is 18.6 Å². The molecule has 1 aliphatic heterocycles. The van der Waals surface area contributed by atoms with E-state index in [1.54, 1.807) is 7.11 Å². The molecule has 2 heteroatoms. The molecule has 1 unspecified atom stereocenters. The smallest absolute Gasteiger partial charge is 0.118 e. The SMILES string of the molecule is COc1ccc(CN2[C@H](c3ccccc3)[C@@H]2c2ccccc2)cc1. The first-order chi connectivity index (χ1) is 11.9. The zero-order valence-electron chi connectivity index (χ0n) is 13.8. The van der Waals surface area contributed by atoms with Gasteiger partial charge in [-0.25, -0.2) is 0 Å². The second-order valence-corrected chi connectivity index (χ2v) is 6.23. The largest absolute Gasteiger partial charge is 0.497 e. The fraction of sp³-hybridized carbons (Fsp3) is 0.182. The second kappa shape index (κ2) is 6.50. The Labute approximate surface area is 143 Å². The molecule has 3 aromatic carbocycles. The lowest BCUT2D eigenvalue weighted by Crippen LogP contribution is -2.00. The van der Waals surface area contributed by atoms with Crippen LogP contribution in [0.25, 0.3) is 0 Å². The summed E-state index contributed by atoms with van der Waals surface area (Å²) in [6, 6.07) is 30.9. The molecule has 4 rings (SSSR count). The van der Waals surface area contributed by atoms with Crippen molar-refractivity contribution in [3.05, 3.63) is 102 Å². The van der Waals surface area contributed by atoms with E-state index in [0.717, 1.165) is 12.3 Å². The third-order valence-corrected chi connectivity index (χ3v) is 4.73. The molecule has 3 aromatic rings. The van der Waals surface area contributed by atoms with Crippen LogP contribution in [0.4, 0.5) is 0 Å². The lowest BCUT2D eigenvalue weighted by atomic mass is 10.0. The van der Waals surface area contributed by atoms with E-state index in [-0.39, 0.29) is 0 Å². The molecule has 0 radical (unpaired) electrons. The van der Waals surface area contributed by atoms with Gasteiger partial charge >= 0.3 is 0 Å². The normalized spacial score (nSPS) is 22.1. The standard InChI is InChI=1S/C22H21NO/c1-24-20-14-12-17(13-15-20)16-23-21(18-8-4-2-5-9-18)22(23)19-10-6-3-7-11-19/h2-15,21-22H,16H2,1H3/t21-,22+,23?. The van der Waals surface area contributed by atoms with Crippen molar-refractivity contribution in [2.24, 2.45) is 0 Å². The van der Waals surface area contributed by atoms with Gasteiger partial charge in [-0.1, -0.05) is 72.8 Å². The van der Waals surface area contributed by atoms with E-state index in [1.807, 2.05) is 12.1 Å². The highest BCUT2D eigenvalue weighted by molar-refractivity contribution is 5.36. The van der Waals surface area contributed by atoms with E-state index in [4.69, 9.17) is 4.74 Å². The Morgan fingerprint density at radius 2 is 1.21 bits per heavy atom. The minimum absolute atomic E-state index is 0.454. The minimum atomic E-state index is 0.454. The number of rotatable bonds is 5. The van der Waals surface area contributed by atoms with Gasteiger partial charge in [-0.3, -0.25) is 4.90 Å². The minimum Gasteiger partial charge on any atom is -0.497 e. The van der Waals surface area contributed by atoms with Gasteiger partial charge in [-0.15, -0.1) is 0 Å². The number of benzene rings is 3. The van der Waals surface area contributed by atoms with E-state index in [0.29, 0.717) is 12.1 Å². The van der Waals surface area contributed by atoms with E-state index in [9.17, 15) is 0 Å². The molecule has 0 aliphatic carbocycles. The van der Waals surface area contributed by atoms with Crippen molar-refractivity contribution in [3.63, 3.8) is 0 Å². The summed E-state index contributed by atoms with van der Waals surface area (Å²) >= 11 is 0. The lowest BCUT2D eigenvalue weighted by molar-refractivity contribution is 0.414. The quantitative estimate of drug-likeness (QED) is 0.615. The van der Waals surface area contributed by atoms with Gasteiger partial charge < -0.3 is 4.74 Å². The molecular weight excluding hydrogens is 294 g/mol. The molecule has 120 valence electrons. The number of nitrogens with zero attached hydrogens (tertiary/aromatic N) is 1. The molecule has 0 spiro atoms. The Morgan fingerprint density at radius 1 is 0.708 bits per heavy atom. The highest BCUT2D eigenvalue weighted by atomic mass is 16.5. The molecular formula is C22H21NO. The summed E-state index contributed by atoms with van der Waals surface area (Å²) in [6.07, 6.45) is 0. The Kier molecular flexibility index (Phi) is 4.06. The summed E-state index contributed by atoms with van der Waals surface area (Å²) in [6.45, 7) is 0.948. The average molecular weight is 315 g/mol. The van der Waals surface area contributed by atoms with E-state index < -0.39 is 0 Å². The maximum absolute atomic E-state index is 5.26. The first kappa shape index (κ1) is 15.0. The molecule has 0 bridgehead atoms. The molecule has 0 aromatic heterocycles. The number of methoxy groups -OCH3 is 1. The van der Waals surface area contributed by atoms with Crippen LogP contribution in [0, 0.1) is 0 Å². The number of ether oxygens (including phenoxy) is 1. The van der Waals surface area contributed by atoms with Crippen LogP contribution in [0.2, 0.25) is 0 Å². The molecule has 3 atom stereocenters. The van der Waals surface area contributed by atoms with Crippen molar-refractivity contribution in [1.29, 1.82) is 0 Å². The maximum Gasteiger partial charge on any atom is 0.118 e. The average Bonchev–Trinajstić information content (AvgIpc) is 3.37. The van der Waals surface area contributed by atoms with Crippen LogP contribution in [-0.4, -0.2) is 12.0 Å².